The van der Waals surface area contributed by atoms with Crippen LogP contribution in [0.2, 0.25) is 16.6 Å². The van der Waals surface area contributed by atoms with E-state index in [-0.39, 0.29) is 5.56 Å². The van der Waals surface area contributed by atoms with Gasteiger partial charge in [-0.15, -0.1) is 5.54 Å². The summed E-state index contributed by atoms with van der Waals surface area (Å²) in [4.78, 5) is 23.6. The molecule has 2 heterocycles. The second-order valence-corrected chi connectivity index (χ2v) is 13.7. The first kappa shape index (κ1) is 19.7. The molecule has 0 aliphatic rings. The number of thioether (sulfide) groups is 1. The van der Waals surface area contributed by atoms with Crippen LogP contribution < -0.4 is 5.56 Å². The van der Waals surface area contributed by atoms with E-state index >= 15 is 0 Å². The van der Waals surface area contributed by atoms with Crippen LogP contribution >= 0.6 is 11.8 Å². The average molecular weight is 374 g/mol. The van der Waals surface area contributed by atoms with Crippen LogP contribution in [0.15, 0.2) is 22.2 Å². The third-order valence-electron chi connectivity index (χ3n) is 5.04. The lowest BCUT2D eigenvalue weighted by Crippen LogP contribution is -2.43. The molecule has 0 bridgehead atoms. The highest BCUT2D eigenvalue weighted by atomic mass is 32.2. The molecular weight excluding hydrogens is 346 g/mol. The summed E-state index contributed by atoms with van der Waals surface area (Å²) in [6.45, 7) is 13.7. The number of H-pyrrole nitrogens is 1. The van der Waals surface area contributed by atoms with Crippen LogP contribution in [-0.4, -0.2) is 29.3 Å². The summed E-state index contributed by atoms with van der Waals surface area (Å²) in [6, 6.07) is 1.57. The van der Waals surface area contributed by atoms with Crippen LogP contribution in [0.25, 0.3) is 11.0 Å². The van der Waals surface area contributed by atoms with Gasteiger partial charge in [-0.2, -0.15) is 0 Å². The van der Waals surface area contributed by atoms with E-state index in [0.717, 1.165) is 10.9 Å². The second kappa shape index (κ2) is 7.75. The topological polar surface area (TPSA) is 58.6 Å². The van der Waals surface area contributed by atoms with Crippen LogP contribution in [-0.2, 0) is 0 Å². The molecule has 2 rings (SSSR count). The van der Waals surface area contributed by atoms with E-state index in [1.54, 1.807) is 12.3 Å². The molecule has 0 aliphatic carbocycles. The van der Waals surface area contributed by atoms with Gasteiger partial charge in [-0.1, -0.05) is 59.2 Å². The first-order chi connectivity index (χ1) is 11.7. The minimum atomic E-state index is -1.85. The van der Waals surface area contributed by atoms with Crippen LogP contribution in [0, 0.1) is 11.5 Å². The maximum absolute atomic E-state index is 12.1. The molecule has 2 aromatic rings. The molecule has 0 radical (unpaired) electrons. The van der Waals surface area contributed by atoms with Crippen LogP contribution in [0.1, 0.15) is 47.1 Å². The third kappa shape index (κ3) is 3.83. The molecule has 25 heavy (non-hydrogen) atoms. The minimum Gasteiger partial charge on any atom is -0.306 e. The van der Waals surface area contributed by atoms with Crippen LogP contribution in [0.4, 0.5) is 0 Å². The Morgan fingerprint density at radius 1 is 1.12 bits per heavy atom. The number of aromatic amines is 1. The lowest BCUT2D eigenvalue weighted by molar-refractivity contribution is 0.838. The van der Waals surface area contributed by atoms with Gasteiger partial charge >= 0.3 is 0 Å². The molecule has 1 N–H and O–H groups in total. The molecule has 0 aromatic carbocycles. The molecular formula is C19H27N3OSSi. The Morgan fingerprint density at radius 2 is 1.72 bits per heavy atom. The molecule has 4 nitrogen and oxygen atoms in total. The Kier molecular flexibility index (Phi) is 6.12. The molecule has 2 aromatic heterocycles. The summed E-state index contributed by atoms with van der Waals surface area (Å²) in [5, 5.41) is 1.45. The molecule has 6 heteroatoms. The molecule has 0 unspecified atom stereocenters. The molecule has 0 saturated heterocycles. The van der Waals surface area contributed by atoms with E-state index < -0.39 is 8.07 Å². The molecule has 0 atom stereocenters. The zero-order valence-corrected chi connectivity index (χ0v) is 17.9. The lowest BCUT2D eigenvalue weighted by Gasteiger charge is -2.38. The molecule has 0 spiro atoms. The fourth-order valence-electron chi connectivity index (χ4n) is 3.83. The fourth-order valence-corrected chi connectivity index (χ4v) is 9.39. The van der Waals surface area contributed by atoms with Gasteiger partial charge < -0.3 is 4.98 Å². The van der Waals surface area contributed by atoms with Crippen molar-refractivity contribution in [1.29, 1.82) is 0 Å². The second-order valence-electron chi connectivity index (χ2n) is 7.31. The Labute approximate surface area is 155 Å². The number of hydrogen-bond acceptors (Lipinski definition) is 4. The van der Waals surface area contributed by atoms with Crippen molar-refractivity contribution in [3.05, 3.63) is 28.2 Å². The van der Waals surface area contributed by atoms with Gasteiger partial charge in [0.25, 0.3) is 5.56 Å². The smallest absolute Gasteiger partial charge is 0.250 e. The number of pyridine rings is 1. The summed E-state index contributed by atoms with van der Waals surface area (Å²) >= 11 is 1.45. The van der Waals surface area contributed by atoms with Crippen molar-refractivity contribution < 1.29 is 0 Å². The van der Waals surface area contributed by atoms with Gasteiger partial charge in [-0.25, -0.2) is 9.97 Å². The normalized spacial score (nSPS) is 12.1. The number of aromatic nitrogens is 3. The van der Waals surface area contributed by atoms with E-state index in [2.05, 4.69) is 68.0 Å². The SMILES string of the molecule is CSc1ncc2c(C#C[Si](C(C)C)(C(C)C)C(C)C)cc(=O)[nH]c2n1. The zero-order valence-electron chi connectivity index (χ0n) is 16.1. The van der Waals surface area contributed by atoms with Crippen molar-refractivity contribution >= 4 is 30.9 Å². The summed E-state index contributed by atoms with van der Waals surface area (Å²) in [5.74, 6) is 3.36. The van der Waals surface area contributed by atoms with Gasteiger partial charge in [-0.3, -0.25) is 4.79 Å². The standard InChI is InChI=1S/C19H27N3OSSi/c1-12(2)25(13(3)4,14(5)6)9-8-15-10-17(23)21-18-16(15)11-20-19(22-18)24-7/h10-14H,1-7H3,(H,20,21,22,23). The number of nitrogens with one attached hydrogen (secondary N) is 1. The Balaban J connectivity index is 2.68. The maximum Gasteiger partial charge on any atom is 0.250 e. The fraction of sp³-hybridized carbons (Fsp3) is 0.526. The Hall–Kier alpha value is -1.58. The third-order valence-corrected chi connectivity index (χ3v) is 11.9. The molecule has 0 aliphatic heterocycles. The quantitative estimate of drug-likeness (QED) is 0.368. The first-order valence-corrected chi connectivity index (χ1v) is 12.1. The number of fused-ring (bicyclic) bond motifs is 1. The largest absolute Gasteiger partial charge is 0.306 e. The van der Waals surface area contributed by atoms with Crippen molar-refractivity contribution in [2.45, 2.75) is 63.3 Å². The van der Waals surface area contributed by atoms with Crippen molar-refractivity contribution in [2.75, 3.05) is 6.26 Å². The van der Waals surface area contributed by atoms with Crippen LogP contribution in [0.5, 0.6) is 0 Å². The van der Waals surface area contributed by atoms with Gasteiger partial charge in [0, 0.05) is 17.8 Å². The Morgan fingerprint density at radius 3 is 2.24 bits per heavy atom. The summed E-state index contributed by atoms with van der Waals surface area (Å²) in [6.07, 6.45) is 3.67. The highest BCUT2D eigenvalue weighted by Crippen LogP contribution is 2.40. The van der Waals surface area contributed by atoms with E-state index in [4.69, 9.17) is 0 Å². The Bertz CT molecular complexity index is 856. The first-order valence-electron chi connectivity index (χ1n) is 8.69. The maximum atomic E-state index is 12.1. The lowest BCUT2D eigenvalue weighted by atomic mass is 10.2. The summed E-state index contributed by atoms with van der Waals surface area (Å²) in [5.41, 5.74) is 6.43. The van der Waals surface area contributed by atoms with Gasteiger partial charge in [0.2, 0.25) is 0 Å². The zero-order chi connectivity index (χ0) is 18.8. The summed E-state index contributed by atoms with van der Waals surface area (Å²) in [7, 11) is -1.85. The summed E-state index contributed by atoms with van der Waals surface area (Å²) < 4.78 is 0. The van der Waals surface area contributed by atoms with E-state index in [1.807, 2.05) is 6.26 Å². The molecule has 0 amide bonds. The van der Waals surface area contributed by atoms with Gasteiger partial charge in [0.15, 0.2) is 5.16 Å². The van der Waals surface area contributed by atoms with Crippen molar-refractivity contribution in [3.63, 3.8) is 0 Å². The van der Waals surface area contributed by atoms with Crippen molar-refractivity contribution in [2.24, 2.45) is 0 Å². The van der Waals surface area contributed by atoms with Gasteiger partial charge in [-0.05, 0) is 22.9 Å². The minimum absolute atomic E-state index is 0.173. The van der Waals surface area contributed by atoms with Crippen molar-refractivity contribution in [3.8, 4) is 11.5 Å². The number of nitrogens with zero attached hydrogens (tertiary/aromatic N) is 2. The molecule has 0 saturated carbocycles. The predicted molar refractivity (Wildman–Crippen MR) is 110 cm³/mol. The van der Waals surface area contributed by atoms with Crippen LogP contribution in [0.3, 0.4) is 0 Å². The van der Waals surface area contributed by atoms with Gasteiger partial charge in [0.1, 0.15) is 13.7 Å². The molecule has 134 valence electrons. The molecule has 0 fully saturated rings. The number of hydrogen-bond donors (Lipinski definition) is 1. The number of rotatable bonds is 4. The average Bonchev–Trinajstić information content (AvgIpc) is 2.53. The highest BCUT2D eigenvalue weighted by molar-refractivity contribution is 7.98. The van der Waals surface area contributed by atoms with Crippen molar-refractivity contribution in [1.82, 2.24) is 15.0 Å². The highest BCUT2D eigenvalue weighted by Gasteiger charge is 2.41. The van der Waals surface area contributed by atoms with E-state index in [9.17, 15) is 4.79 Å². The van der Waals surface area contributed by atoms with E-state index in [1.165, 1.54) is 11.8 Å². The van der Waals surface area contributed by atoms with Gasteiger partial charge in [0.05, 0.1) is 5.39 Å². The monoisotopic (exact) mass is 373 g/mol. The predicted octanol–water partition coefficient (Wildman–Crippen LogP) is 4.61. The van der Waals surface area contributed by atoms with E-state index in [0.29, 0.717) is 27.4 Å².